The Morgan fingerprint density at radius 2 is 1.40 bits per heavy atom. The van der Waals surface area contributed by atoms with Crippen molar-refractivity contribution in [3.05, 3.63) is 192 Å². The van der Waals surface area contributed by atoms with E-state index in [0.717, 1.165) is 90.4 Å². The zero-order valence-corrected chi connectivity index (χ0v) is 31.0. The SMILES string of the molecule is C1=CC2c3ccccc3N(c3cccc4oc5ccc(-c6cccc7c6oc6cc(C8=NC(c9ccccc9)NC(c9ccccc9)=N8)ccc67)cc5c34)C2CC1. The minimum atomic E-state index is -0.276. The van der Waals surface area contributed by atoms with Gasteiger partial charge in [-0.15, -0.1) is 0 Å². The van der Waals surface area contributed by atoms with Crippen LogP contribution in [0.2, 0.25) is 0 Å². The Kier molecular flexibility index (Phi) is 7.14. The Balaban J connectivity index is 0.975. The van der Waals surface area contributed by atoms with E-state index >= 15 is 0 Å². The number of allylic oxidation sites excluding steroid dienone is 1. The van der Waals surface area contributed by atoms with Crippen LogP contribution in [0.4, 0.5) is 11.4 Å². The van der Waals surface area contributed by atoms with Crippen LogP contribution in [0.1, 0.15) is 47.2 Å². The number of hydrogen-bond donors (Lipinski definition) is 1. The van der Waals surface area contributed by atoms with Crippen molar-refractivity contribution in [3.63, 3.8) is 0 Å². The highest BCUT2D eigenvalue weighted by Crippen LogP contribution is 2.51. The van der Waals surface area contributed by atoms with Crippen molar-refractivity contribution < 1.29 is 8.83 Å². The zero-order chi connectivity index (χ0) is 37.5. The summed E-state index contributed by atoms with van der Waals surface area (Å²) in [4.78, 5) is 12.7. The van der Waals surface area contributed by atoms with E-state index in [9.17, 15) is 0 Å². The summed E-state index contributed by atoms with van der Waals surface area (Å²) < 4.78 is 13.4. The number of rotatable bonds is 5. The molecule has 2 aromatic heterocycles. The molecule has 0 amide bonds. The van der Waals surface area contributed by atoms with Crippen LogP contribution in [0, 0.1) is 0 Å². The van der Waals surface area contributed by atoms with Crippen LogP contribution < -0.4 is 10.2 Å². The maximum atomic E-state index is 6.82. The quantitative estimate of drug-likeness (QED) is 0.179. The van der Waals surface area contributed by atoms with Crippen LogP contribution in [0.3, 0.4) is 0 Å². The lowest BCUT2D eigenvalue weighted by molar-refractivity contribution is 0.566. The zero-order valence-electron chi connectivity index (χ0n) is 31.0. The molecule has 0 saturated carbocycles. The third-order valence-electron chi connectivity index (χ3n) is 12.0. The van der Waals surface area contributed by atoms with E-state index in [1.807, 2.05) is 36.4 Å². The maximum absolute atomic E-state index is 6.82. The van der Waals surface area contributed by atoms with Gasteiger partial charge in [0.15, 0.2) is 5.84 Å². The number of para-hydroxylation sites is 2. The first-order valence-corrected chi connectivity index (χ1v) is 19.7. The molecule has 4 heterocycles. The van der Waals surface area contributed by atoms with Crippen LogP contribution in [0.15, 0.2) is 189 Å². The van der Waals surface area contributed by atoms with Crippen LogP contribution in [0.25, 0.3) is 55.0 Å². The Morgan fingerprint density at radius 1 is 0.596 bits per heavy atom. The molecule has 3 unspecified atom stereocenters. The van der Waals surface area contributed by atoms with Crippen LogP contribution >= 0.6 is 0 Å². The minimum Gasteiger partial charge on any atom is -0.456 e. The molecule has 6 nitrogen and oxygen atoms in total. The number of anilines is 2. The lowest BCUT2D eigenvalue weighted by Gasteiger charge is -2.32. The molecule has 6 heteroatoms. The largest absolute Gasteiger partial charge is 0.456 e. The van der Waals surface area contributed by atoms with Crippen molar-refractivity contribution in [2.75, 3.05) is 4.90 Å². The first-order valence-electron chi connectivity index (χ1n) is 19.7. The summed E-state index contributed by atoms with van der Waals surface area (Å²) in [7, 11) is 0. The molecule has 0 saturated heterocycles. The summed E-state index contributed by atoms with van der Waals surface area (Å²) >= 11 is 0. The van der Waals surface area contributed by atoms with Crippen molar-refractivity contribution in [2.24, 2.45) is 9.98 Å². The summed E-state index contributed by atoms with van der Waals surface area (Å²) in [5.41, 5.74) is 12.4. The second-order valence-electron chi connectivity index (χ2n) is 15.2. The molecular weight excluding hydrogens is 701 g/mol. The smallest absolute Gasteiger partial charge is 0.159 e. The van der Waals surface area contributed by atoms with Crippen LogP contribution in [-0.4, -0.2) is 17.7 Å². The number of fused-ring (bicyclic) bond motifs is 9. The molecular formula is C51H36N4O2. The summed E-state index contributed by atoms with van der Waals surface area (Å²) in [5.74, 6) is 1.83. The Bertz CT molecular complexity index is 3140. The second kappa shape index (κ2) is 12.7. The fraction of sp³-hybridized carbons (Fsp3) is 0.0980. The molecule has 0 bridgehead atoms. The summed E-state index contributed by atoms with van der Waals surface area (Å²) in [6, 6.07) is 55.6. The molecule has 7 aromatic carbocycles. The number of aliphatic imine (C=N–C) groups is 2. The molecule has 3 aliphatic rings. The van der Waals surface area contributed by atoms with E-state index in [1.54, 1.807) is 0 Å². The number of hydrogen-bond acceptors (Lipinski definition) is 6. The number of nitrogens with zero attached hydrogens (tertiary/aromatic N) is 3. The molecule has 1 N–H and O–H groups in total. The summed E-state index contributed by atoms with van der Waals surface area (Å²) in [5, 5.41) is 7.93. The summed E-state index contributed by atoms with van der Waals surface area (Å²) in [6.45, 7) is 0. The van der Waals surface area contributed by atoms with E-state index in [0.29, 0.717) is 17.8 Å². The van der Waals surface area contributed by atoms with Gasteiger partial charge >= 0.3 is 0 Å². The second-order valence-corrected chi connectivity index (χ2v) is 15.2. The molecule has 0 spiro atoms. The molecule has 272 valence electrons. The molecule has 2 aliphatic heterocycles. The lowest BCUT2D eigenvalue weighted by atomic mass is 9.87. The van der Waals surface area contributed by atoms with Crippen molar-refractivity contribution in [3.8, 4) is 11.1 Å². The normalized spacial score (nSPS) is 18.8. The average Bonchev–Trinajstić information content (AvgIpc) is 3.96. The van der Waals surface area contributed by atoms with Crippen LogP contribution in [-0.2, 0) is 0 Å². The minimum absolute atomic E-state index is 0.276. The lowest BCUT2D eigenvalue weighted by Crippen LogP contribution is -2.33. The van der Waals surface area contributed by atoms with Gasteiger partial charge in [0.25, 0.3) is 0 Å². The van der Waals surface area contributed by atoms with Gasteiger partial charge in [0.2, 0.25) is 0 Å². The Morgan fingerprint density at radius 3 is 2.32 bits per heavy atom. The van der Waals surface area contributed by atoms with E-state index in [4.69, 9.17) is 18.8 Å². The Hall–Kier alpha value is -7.18. The van der Waals surface area contributed by atoms with Crippen molar-refractivity contribution in [1.82, 2.24) is 5.32 Å². The highest BCUT2D eigenvalue weighted by molar-refractivity contribution is 6.17. The number of amidine groups is 2. The standard InChI is InChI=1S/C51H36N4O2/c1-3-13-31(14-4-1)49-52-50(32-15-5-2-6-16-32)54-51(53-49)34-25-27-38-39-20-11-19-35(48(39)57-46(38)30-34)33-26-28-44-40(29-33)47-43(23-12-24-45(47)56-44)55-41-21-9-7-17-36(41)37-18-8-10-22-42(37)55/h1-9,11-21,23-30,37,42,49H,10,22H2,(H,52,53,54). The highest BCUT2D eigenvalue weighted by atomic mass is 16.3. The average molecular weight is 737 g/mol. The van der Waals surface area contributed by atoms with E-state index in [1.165, 1.54) is 16.9 Å². The molecule has 12 rings (SSSR count). The van der Waals surface area contributed by atoms with Crippen molar-refractivity contribution >= 4 is 66.9 Å². The van der Waals surface area contributed by atoms with Gasteiger partial charge in [-0.25, -0.2) is 9.98 Å². The predicted octanol–water partition coefficient (Wildman–Crippen LogP) is 12.6. The van der Waals surface area contributed by atoms with Crippen molar-refractivity contribution in [1.29, 1.82) is 0 Å². The van der Waals surface area contributed by atoms with Gasteiger partial charge in [-0.05, 0) is 72.0 Å². The monoisotopic (exact) mass is 736 g/mol. The highest BCUT2D eigenvalue weighted by Gasteiger charge is 2.39. The molecule has 0 radical (unpaired) electrons. The third-order valence-corrected chi connectivity index (χ3v) is 12.0. The number of furan rings is 2. The molecule has 3 atom stereocenters. The molecule has 9 aromatic rings. The Labute approximate surface area is 329 Å². The van der Waals surface area contributed by atoms with E-state index < -0.39 is 0 Å². The van der Waals surface area contributed by atoms with E-state index in [2.05, 4.69) is 144 Å². The van der Waals surface area contributed by atoms with Crippen molar-refractivity contribution in [2.45, 2.75) is 31.0 Å². The summed E-state index contributed by atoms with van der Waals surface area (Å²) in [6.07, 6.45) is 6.68. The first-order chi connectivity index (χ1) is 28.2. The first kappa shape index (κ1) is 32.1. The number of benzene rings is 7. The van der Waals surface area contributed by atoms with Crippen LogP contribution in [0.5, 0.6) is 0 Å². The fourth-order valence-electron chi connectivity index (χ4n) is 9.36. The molecule has 1 aliphatic carbocycles. The maximum Gasteiger partial charge on any atom is 0.159 e. The topological polar surface area (TPSA) is 66.3 Å². The van der Waals surface area contributed by atoms with Gasteiger partial charge in [-0.1, -0.05) is 127 Å². The van der Waals surface area contributed by atoms with Gasteiger partial charge in [0.1, 0.15) is 34.3 Å². The van der Waals surface area contributed by atoms with Gasteiger partial charge < -0.3 is 19.1 Å². The van der Waals surface area contributed by atoms with Gasteiger partial charge in [0, 0.05) is 50.5 Å². The van der Waals surface area contributed by atoms with Gasteiger partial charge in [-0.3, -0.25) is 0 Å². The number of nitrogens with one attached hydrogen (secondary N) is 1. The van der Waals surface area contributed by atoms with Gasteiger partial charge in [0.05, 0.1) is 11.1 Å². The fourth-order valence-corrected chi connectivity index (χ4v) is 9.36. The predicted molar refractivity (Wildman–Crippen MR) is 232 cm³/mol. The van der Waals surface area contributed by atoms with Gasteiger partial charge in [-0.2, -0.15) is 0 Å². The van der Waals surface area contributed by atoms with E-state index in [-0.39, 0.29) is 6.17 Å². The third kappa shape index (κ3) is 5.10. The molecule has 0 fully saturated rings. The molecule has 57 heavy (non-hydrogen) atoms.